The van der Waals surface area contributed by atoms with Crippen molar-refractivity contribution in [2.24, 2.45) is 5.92 Å². The maximum Gasteiger partial charge on any atom is 0.406 e. The maximum atomic E-state index is 10.5. The SMILES string of the molecule is O=C(Cl)OC(CC1CCCC1)OC(=O)Cl. The van der Waals surface area contributed by atoms with Crippen LogP contribution in [-0.4, -0.2) is 17.1 Å². The molecule has 0 unspecified atom stereocenters. The quantitative estimate of drug-likeness (QED) is 0.568. The summed E-state index contributed by atoms with van der Waals surface area (Å²) in [5.74, 6) is 0.405. The van der Waals surface area contributed by atoms with Crippen molar-refractivity contribution >= 4 is 34.1 Å². The maximum absolute atomic E-state index is 10.5. The number of hydrogen-bond acceptors (Lipinski definition) is 4. The summed E-state index contributed by atoms with van der Waals surface area (Å²) in [6.45, 7) is 0. The van der Waals surface area contributed by atoms with E-state index < -0.39 is 17.1 Å². The standard InChI is InChI=1S/C9H12Cl2O4/c10-8(12)14-7(15-9(11)13)5-6-3-1-2-4-6/h6-7H,1-5H2. The number of carbonyl (C=O) groups excluding carboxylic acids is 2. The summed E-state index contributed by atoms with van der Waals surface area (Å²) in [6, 6.07) is 0. The van der Waals surface area contributed by atoms with Gasteiger partial charge in [-0.25, -0.2) is 9.59 Å². The summed E-state index contributed by atoms with van der Waals surface area (Å²) in [7, 11) is 0. The van der Waals surface area contributed by atoms with Crippen molar-refractivity contribution in [2.75, 3.05) is 0 Å². The Hall–Kier alpha value is -0.480. The van der Waals surface area contributed by atoms with Crippen LogP contribution < -0.4 is 0 Å². The molecule has 0 N–H and O–H groups in total. The first kappa shape index (κ1) is 12.6. The minimum atomic E-state index is -0.990. The summed E-state index contributed by atoms with van der Waals surface area (Å²) in [5.41, 5.74) is -1.98. The third kappa shape index (κ3) is 5.23. The van der Waals surface area contributed by atoms with E-state index in [-0.39, 0.29) is 0 Å². The lowest BCUT2D eigenvalue weighted by atomic mass is 10.0. The topological polar surface area (TPSA) is 52.6 Å². The van der Waals surface area contributed by atoms with E-state index in [1.54, 1.807) is 0 Å². The Morgan fingerprint density at radius 2 is 1.60 bits per heavy atom. The van der Waals surface area contributed by atoms with Gasteiger partial charge in [0, 0.05) is 29.6 Å². The molecule has 0 amide bonds. The highest BCUT2D eigenvalue weighted by atomic mass is 35.5. The van der Waals surface area contributed by atoms with Gasteiger partial charge < -0.3 is 9.47 Å². The predicted molar refractivity (Wildman–Crippen MR) is 55.0 cm³/mol. The van der Waals surface area contributed by atoms with Gasteiger partial charge in [-0.15, -0.1) is 0 Å². The fourth-order valence-corrected chi connectivity index (χ4v) is 2.04. The molecule has 0 aromatic heterocycles. The van der Waals surface area contributed by atoms with Gasteiger partial charge in [0.05, 0.1) is 0 Å². The highest BCUT2D eigenvalue weighted by Gasteiger charge is 2.24. The fraction of sp³-hybridized carbons (Fsp3) is 0.778. The minimum absolute atomic E-state index is 0.405. The fourth-order valence-electron chi connectivity index (χ4n) is 1.85. The molecule has 1 saturated carbocycles. The van der Waals surface area contributed by atoms with Crippen LogP contribution in [0.25, 0.3) is 0 Å². The van der Waals surface area contributed by atoms with Crippen molar-refractivity contribution in [3.05, 3.63) is 0 Å². The van der Waals surface area contributed by atoms with Crippen molar-refractivity contribution in [1.29, 1.82) is 0 Å². The number of halogens is 2. The van der Waals surface area contributed by atoms with Gasteiger partial charge in [-0.1, -0.05) is 25.7 Å². The van der Waals surface area contributed by atoms with E-state index in [9.17, 15) is 9.59 Å². The second kappa shape index (κ2) is 6.18. The zero-order valence-corrected chi connectivity index (χ0v) is 9.59. The third-order valence-corrected chi connectivity index (χ3v) is 2.63. The molecule has 15 heavy (non-hydrogen) atoms. The molecule has 1 fully saturated rings. The second-order valence-corrected chi connectivity index (χ2v) is 4.14. The molecule has 0 bridgehead atoms. The van der Waals surface area contributed by atoms with E-state index in [0.29, 0.717) is 12.3 Å². The van der Waals surface area contributed by atoms with E-state index in [4.69, 9.17) is 23.2 Å². The van der Waals surface area contributed by atoms with Crippen LogP contribution in [0.1, 0.15) is 32.1 Å². The average molecular weight is 255 g/mol. The van der Waals surface area contributed by atoms with Crippen LogP contribution in [-0.2, 0) is 9.47 Å². The van der Waals surface area contributed by atoms with Crippen LogP contribution in [0.5, 0.6) is 0 Å². The van der Waals surface area contributed by atoms with Gasteiger partial charge in [0.1, 0.15) is 0 Å². The highest BCUT2D eigenvalue weighted by molar-refractivity contribution is 6.61. The van der Waals surface area contributed by atoms with Crippen LogP contribution >= 0.6 is 23.2 Å². The molecule has 0 atom stereocenters. The smallest absolute Gasteiger partial charge is 0.406 e. The Morgan fingerprint density at radius 3 is 2.00 bits per heavy atom. The predicted octanol–water partition coefficient (Wildman–Crippen LogP) is 3.64. The summed E-state index contributed by atoms with van der Waals surface area (Å²) in [4.78, 5) is 21.0. The summed E-state index contributed by atoms with van der Waals surface area (Å²) in [6.07, 6.45) is 3.92. The van der Waals surface area contributed by atoms with Gasteiger partial charge in [-0.3, -0.25) is 0 Å². The average Bonchev–Trinajstić information content (AvgIpc) is 2.53. The van der Waals surface area contributed by atoms with E-state index >= 15 is 0 Å². The number of rotatable bonds is 4. The van der Waals surface area contributed by atoms with Crippen LogP contribution in [0.4, 0.5) is 9.59 Å². The number of carbonyl (C=O) groups is 2. The molecular formula is C9H12Cl2O4. The Morgan fingerprint density at radius 1 is 1.13 bits per heavy atom. The van der Waals surface area contributed by atoms with Crippen LogP contribution in [0.15, 0.2) is 0 Å². The first-order valence-corrected chi connectivity index (χ1v) is 5.55. The normalized spacial score (nSPS) is 16.7. The van der Waals surface area contributed by atoms with Crippen LogP contribution in [0, 0.1) is 5.92 Å². The molecule has 0 saturated heterocycles. The van der Waals surface area contributed by atoms with E-state index in [1.165, 1.54) is 0 Å². The first-order chi connectivity index (χ1) is 7.08. The summed E-state index contributed by atoms with van der Waals surface area (Å²) < 4.78 is 9.24. The molecule has 6 heteroatoms. The van der Waals surface area contributed by atoms with Crippen molar-refractivity contribution in [1.82, 2.24) is 0 Å². The van der Waals surface area contributed by atoms with Crippen molar-refractivity contribution in [3.8, 4) is 0 Å². The third-order valence-electron chi connectivity index (χ3n) is 2.45. The highest BCUT2D eigenvalue weighted by Crippen LogP contribution is 2.29. The molecule has 0 heterocycles. The lowest BCUT2D eigenvalue weighted by Gasteiger charge is -2.18. The minimum Gasteiger partial charge on any atom is -0.413 e. The van der Waals surface area contributed by atoms with Gasteiger partial charge >= 0.3 is 10.9 Å². The van der Waals surface area contributed by atoms with Gasteiger partial charge in [-0.05, 0) is 5.92 Å². The Labute approximate surface area is 97.8 Å². The van der Waals surface area contributed by atoms with E-state index in [2.05, 4.69) is 9.47 Å². The summed E-state index contributed by atoms with van der Waals surface area (Å²) in [5, 5.41) is 0. The van der Waals surface area contributed by atoms with Gasteiger partial charge in [0.25, 0.3) is 0 Å². The first-order valence-electron chi connectivity index (χ1n) is 4.80. The lowest BCUT2D eigenvalue weighted by molar-refractivity contribution is -0.0570. The van der Waals surface area contributed by atoms with Crippen molar-refractivity contribution < 1.29 is 19.1 Å². The van der Waals surface area contributed by atoms with Gasteiger partial charge in [-0.2, -0.15) is 0 Å². The molecule has 1 aliphatic rings. The van der Waals surface area contributed by atoms with Gasteiger partial charge in [0.15, 0.2) is 0 Å². The zero-order valence-electron chi connectivity index (χ0n) is 8.08. The largest absolute Gasteiger partial charge is 0.413 e. The molecule has 0 aliphatic heterocycles. The molecule has 0 spiro atoms. The van der Waals surface area contributed by atoms with Gasteiger partial charge in [0.2, 0.25) is 6.29 Å². The molecule has 0 aromatic rings. The molecule has 1 aliphatic carbocycles. The summed E-state index contributed by atoms with van der Waals surface area (Å²) >= 11 is 10.1. The lowest BCUT2D eigenvalue weighted by Crippen LogP contribution is -2.22. The molecule has 4 nitrogen and oxygen atoms in total. The van der Waals surface area contributed by atoms with Crippen LogP contribution in [0.2, 0.25) is 0 Å². The van der Waals surface area contributed by atoms with Crippen LogP contribution in [0.3, 0.4) is 0 Å². The molecule has 86 valence electrons. The Balaban J connectivity index is 2.39. The zero-order chi connectivity index (χ0) is 11.3. The second-order valence-electron chi connectivity index (χ2n) is 3.53. The molecule has 0 radical (unpaired) electrons. The number of ether oxygens (including phenoxy) is 2. The molecule has 0 aromatic carbocycles. The van der Waals surface area contributed by atoms with E-state index in [1.807, 2.05) is 0 Å². The Kier molecular flexibility index (Phi) is 5.19. The van der Waals surface area contributed by atoms with Crippen molar-refractivity contribution in [3.63, 3.8) is 0 Å². The monoisotopic (exact) mass is 254 g/mol. The number of hydrogen-bond donors (Lipinski definition) is 0. The molecular weight excluding hydrogens is 243 g/mol. The Bertz CT molecular complexity index is 222. The van der Waals surface area contributed by atoms with E-state index in [0.717, 1.165) is 25.7 Å². The molecule has 1 rings (SSSR count). The van der Waals surface area contributed by atoms with Crippen molar-refractivity contribution in [2.45, 2.75) is 38.4 Å².